The molecule has 0 bridgehead atoms. The summed E-state index contributed by atoms with van der Waals surface area (Å²) in [5.74, 6) is 1.10. The fourth-order valence-corrected chi connectivity index (χ4v) is 1.98. The number of hydrogen-bond donors (Lipinski definition) is 2. The molecular weight excluding hydrogens is 280 g/mol. The molecule has 1 aromatic heterocycles. The molecule has 0 aliphatic heterocycles. The lowest BCUT2D eigenvalue weighted by Crippen LogP contribution is -2.46. The molecule has 0 saturated heterocycles. The first-order valence-corrected chi connectivity index (χ1v) is 7.33. The summed E-state index contributed by atoms with van der Waals surface area (Å²) in [6.07, 6.45) is 2.38. The molecular formula is C17H22N2O3. The van der Waals surface area contributed by atoms with Gasteiger partial charge in [0.05, 0.1) is 18.3 Å². The monoisotopic (exact) mass is 302 g/mol. The second kappa shape index (κ2) is 6.75. The zero-order chi connectivity index (χ0) is 16.2. The number of aliphatic hydroxyl groups is 1. The van der Waals surface area contributed by atoms with Gasteiger partial charge in [-0.05, 0) is 20.8 Å². The topological polar surface area (TPSA) is 75.4 Å². The van der Waals surface area contributed by atoms with Crippen LogP contribution >= 0.6 is 0 Å². The maximum Gasteiger partial charge on any atom is 0.221 e. The molecule has 5 nitrogen and oxygen atoms in total. The summed E-state index contributed by atoms with van der Waals surface area (Å²) in [5, 5.41) is 11.9. The van der Waals surface area contributed by atoms with Gasteiger partial charge in [0.2, 0.25) is 5.91 Å². The van der Waals surface area contributed by atoms with Crippen LogP contribution in [0.4, 0.5) is 0 Å². The van der Waals surface area contributed by atoms with Crippen molar-refractivity contribution in [2.75, 3.05) is 6.61 Å². The number of nitrogens with one attached hydrogen (secondary N) is 1. The Morgan fingerprint density at radius 2 is 2.00 bits per heavy atom. The minimum absolute atomic E-state index is 0.102. The third-order valence-corrected chi connectivity index (χ3v) is 3.33. The van der Waals surface area contributed by atoms with Crippen LogP contribution in [0.15, 0.2) is 34.9 Å². The molecule has 0 spiro atoms. The van der Waals surface area contributed by atoms with Crippen LogP contribution in [-0.2, 0) is 11.2 Å². The van der Waals surface area contributed by atoms with Gasteiger partial charge in [0, 0.05) is 18.4 Å². The molecule has 0 fully saturated rings. The largest absolute Gasteiger partial charge is 0.441 e. The van der Waals surface area contributed by atoms with Crippen molar-refractivity contribution in [2.24, 2.45) is 0 Å². The molecule has 1 aromatic carbocycles. The molecule has 118 valence electrons. The highest BCUT2D eigenvalue weighted by molar-refractivity contribution is 5.76. The van der Waals surface area contributed by atoms with E-state index in [1.54, 1.807) is 20.0 Å². The highest BCUT2D eigenvalue weighted by Crippen LogP contribution is 2.21. The predicted octanol–water partition coefficient (Wildman–Crippen LogP) is 2.47. The Bertz CT molecular complexity index is 630. The number of oxazole rings is 1. The molecule has 0 saturated carbocycles. The van der Waals surface area contributed by atoms with Crippen LogP contribution in [0.25, 0.3) is 11.3 Å². The lowest BCUT2D eigenvalue weighted by Gasteiger charge is -2.23. The van der Waals surface area contributed by atoms with Gasteiger partial charge < -0.3 is 14.8 Å². The summed E-state index contributed by atoms with van der Waals surface area (Å²) < 4.78 is 5.68. The van der Waals surface area contributed by atoms with Gasteiger partial charge in [0.15, 0.2) is 11.7 Å². The molecule has 2 rings (SSSR count). The highest BCUT2D eigenvalue weighted by Gasteiger charge is 2.19. The third-order valence-electron chi connectivity index (χ3n) is 3.33. The Balaban J connectivity index is 1.92. The Morgan fingerprint density at radius 1 is 1.32 bits per heavy atom. The van der Waals surface area contributed by atoms with Gasteiger partial charge in [-0.15, -0.1) is 0 Å². The Morgan fingerprint density at radius 3 is 2.64 bits per heavy atom. The number of amides is 1. The summed E-state index contributed by atoms with van der Waals surface area (Å²) >= 11 is 0. The molecule has 0 unspecified atom stereocenters. The number of rotatable bonds is 6. The van der Waals surface area contributed by atoms with Gasteiger partial charge in [0.25, 0.3) is 0 Å². The first-order chi connectivity index (χ1) is 10.4. The average Bonchev–Trinajstić information content (AvgIpc) is 2.94. The standard InChI is InChI=1S/C17H22N2O3/c1-12-4-6-13(7-5-12)14-10-18-16(22-14)9-8-15(21)19-17(2,3)11-20/h4-7,10,20H,8-9,11H2,1-3H3,(H,19,21). The summed E-state index contributed by atoms with van der Waals surface area (Å²) in [4.78, 5) is 16.0. The molecule has 1 amide bonds. The van der Waals surface area contributed by atoms with Crippen LogP contribution < -0.4 is 5.32 Å². The SMILES string of the molecule is Cc1ccc(-c2cnc(CCC(=O)NC(C)(C)CO)o2)cc1. The van der Waals surface area contributed by atoms with Crippen molar-refractivity contribution in [2.45, 2.75) is 39.2 Å². The number of aromatic nitrogens is 1. The second-order valence-corrected chi connectivity index (χ2v) is 6.07. The van der Waals surface area contributed by atoms with Gasteiger partial charge in [-0.25, -0.2) is 4.98 Å². The zero-order valence-electron chi connectivity index (χ0n) is 13.2. The number of carbonyl (C=O) groups is 1. The normalized spacial score (nSPS) is 11.5. The van der Waals surface area contributed by atoms with E-state index in [-0.39, 0.29) is 18.9 Å². The summed E-state index contributed by atoms with van der Waals surface area (Å²) in [5.41, 5.74) is 1.54. The van der Waals surface area contributed by atoms with E-state index in [1.807, 2.05) is 31.2 Å². The lowest BCUT2D eigenvalue weighted by atomic mass is 10.1. The number of aliphatic hydroxyl groups excluding tert-OH is 1. The summed E-state index contributed by atoms with van der Waals surface area (Å²) in [6, 6.07) is 8.00. The predicted molar refractivity (Wildman–Crippen MR) is 84.3 cm³/mol. The second-order valence-electron chi connectivity index (χ2n) is 6.07. The number of nitrogens with zero attached hydrogens (tertiary/aromatic N) is 1. The van der Waals surface area contributed by atoms with Gasteiger partial charge >= 0.3 is 0 Å². The van der Waals surface area contributed by atoms with Crippen LogP contribution in [0.5, 0.6) is 0 Å². The van der Waals surface area contributed by atoms with E-state index in [4.69, 9.17) is 9.52 Å². The van der Waals surface area contributed by atoms with Crippen molar-refractivity contribution < 1.29 is 14.3 Å². The minimum atomic E-state index is -0.610. The van der Waals surface area contributed by atoms with Gasteiger partial charge in [0.1, 0.15) is 0 Å². The van der Waals surface area contributed by atoms with E-state index >= 15 is 0 Å². The zero-order valence-corrected chi connectivity index (χ0v) is 13.2. The van der Waals surface area contributed by atoms with E-state index in [1.165, 1.54) is 5.56 Å². The fraction of sp³-hybridized carbons (Fsp3) is 0.412. The number of carbonyl (C=O) groups excluding carboxylic acids is 1. The van der Waals surface area contributed by atoms with Crippen LogP contribution in [-0.4, -0.2) is 28.1 Å². The minimum Gasteiger partial charge on any atom is -0.441 e. The van der Waals surface area contributed by atoms with Crippen LogP contribution in [0, 0.1) is 6.92 Å². The molecule has 2 aromatic rings. The molecule has 2 N–H and O–H groups in total. The molecule has 5 heteroatoms. The summed E-state index contributed by atoms with van der Waals surface area (Å²) in [7, 11) is 0. The molecule has 0 atom stereocenters. The smallest absolute Gasteiger partial charge is 0.221 e. The van der Waals surface area contributed by atoms with E-state index < -0.39 is 5.54 Å². The maximum atomic E-state index is 11.8. The molecule has 22 heavy (non-hydrogen) atoms. The third kappa shape index (κ3) is 4.43. The number of benzene rings is 1. The Kier molecular flexibility index (Phi) is 4.98. The Labute approximate surface area is 130 Å². The van der Waals surface area contributed by atoms with E-state index in [0.717, 1.165) is 5.56 Å². The number of hydrogen-bond acceptors (Lipinski definition) is 4. The molecule has 1 heterocycles. The first-order valence-electron chi connectivity index (χ1n) is 7.33. The van der Waals surface area contributed by atoms with Crippen LogP contribution in [0.1, 0.15) is 31.7 Å². The van der Waals surface area contributed by atoms with Crippen molar-refractivity contribution >= 4 is 5.91 Å². The van der Waals surface area contributed by atoms with Gasteiger partial charge in [-0.2, -0.15) is 0 Å². The van der Waals surface area contributed by atoms with E-state index in [9.17, 15) is 4.79 Å². The molecule has 0 aliphatic carbocycles. The lowest BCUT2D eigenvalue weighted by molar-refractivity contribution is -0.123. The van der Waals surface area contributed by atoms with Crippen LogP contribution in [0.2, 0.25) is 0 Å². The van der Waals surface area contributed by atoms with Crippen molar-refractivity contribution in [1.82, 2.24) is 10.3 Å². The maximum absolute atomic E-state index is 11.8. The van der Waals surface area contributed by atoms with E-state index in [0.29, 0.717) is 18.1 Å². The van der Waals surface area contributed by atoms with Crippen molar-refractivity contribution in [3.05, 3.63) is 41.9 Å². The molecule has 0 radical (unpaired) electrons. The first kappa shape index (κ1) is 16.2. The van der Waals surface area contributed by atoms with Crippen molar-refractivity contribution in [3.63, 3.8) is 0 Å². The van der Waals surface area contributed by atoms with Gasteiger partial charge in [-0.1, -0.05) is 29.8 Å². The van der Waals surface area contributed by atoms with Crippen molar-refractivity contribution in [1.29, 1.82) is 0 Å². The molecule has 0 aliphatic rings. The Hall–Kier alpha value is -2.14. The highest BCUT2D eigenvalue weighted by atomic mass is 16.4. The quantitative estimate of drug-likeness (QED) is 0.859. The average molecular weight is 302 g/mol. The summed E-state index contributed by atoms with van der Waals surface area (Å²) in [6.45, 7) is 5.47. The number of aryl methyl sites for hydroxylation is 2. The van der Waals surface area contributed by atoms with Gasteiger partial charge in [-0.3, -0.25) is 4.79 Å². The van der Waals surface area contributed by atoms with Crippen LogP contribution in [0.3, 0.4) is 0 Å². The fourth-order valence-electron chi connectivity index (χ4n) is 1.98. The van der Waals surface area contributed by atoms with Crippen molar-refractivity contribution in [3.8, 4) is 11.3 Å². The van der Waals surface area contributed by atoms with E-state index in [2.05, 4.69) is 10.3 Å².